The topological polar surface area (TPSA) is 24.5 Å². The van der Waals surface area contributed by atoms with E-state index in [2.05, 4.69) is 29.4 Å². The molecule has 1 N–H and O–H groups in total. The lowest BCUT2D eigenvalue weighted by Gasteiger charge is -2.22. The smallest absolute Gasteiger partial charge is 0.142 e. The Morgan fingerprint density at radius 2 is 2.22 bits per heavy atom. The van der Waals surface area contributed by atoms with Gasteiger partial charge in [0.25, 0.3) is 0 Å². The fourth-order valence-electron chi connectivity index (χ4n) is 2.64. The molecule has 1 saturated heterocycles. The number of nitrogens with zero attached hydrogens (tertiary/aromatic N) is 1. The van der Waals surface area contributed by atoms with Gasteiger partial charge in [-0.2, -0.15) is 0 Å². The van der Waals surface area contributed by atoms with Gasteiger partial charge in [-0.05, 0) is 50.4 Å². The van der Waals surface area contributed by atoms with E-state index in [1.165, 1.54) is 38.0 Å². The molecule has 100 valence electrons. The van der Waals surface area contributed by atoms with Crippen LogP contribution in [0.25, 0.3) is 0 Å². The van der Waals surface area contributed by atoms with Crippen LogP contribution in [-0.2, 0) is 0 Å². The van der Waals surface area contributed by atoms with Crippen LogP contribution in [0.3, 0.4) is 0 Å². The first kappa shape index (κ1) is 13.2. The second-order valence-electron chi connectivity index (χ2n) is 5.09. The van der Waals surface area contributed by atoms with E-state index in [4.69, 9.17) is 4.74 Å². The number of para-hydroxylation sites is 2. The summed E-state index contributed by atoms with van der Waals surface area (Å²) in [5.74, 6) is 1.85. The van der Waals surface area contributed by atoms with Gasteiger partial charge in [0.2, 0.25) is 0 Å². The molecule has 1 aromatic rings. The molecule has 1 aliphatic heterocycles. The van der Waals surface area contributed by atoms with E-state index >= 15 is 0 Å². The van der Waals surface area contributed by atoms with Gasteiger partial charge in [-0.25, -0.2) is 0 Å². The summed E-state index contributed by atoms with van der Waals surface area (Å²) in [6.45, 7) is 3.50. The molecule has 1 aromatic carbocycles. The first-order valence-corrected chi connectivity index (χ1v) is 6.86. The lowest BCUT2D eigenvalue weighted by molar-refractivity contribution is 0.414. The number of methoxy groups -OCH3 is 1. The zero-order chi connectivity index (χ0) is 12.8. The third kappa shape index (κ3) is 3.39. The van der Waals surface area contributed by atoms with Crippen molar-refractivity contribution in [1.29, 1.82) is 0 Å². The Balaban J connectivity index is 1.81. The summed E-state index contributed by atoms with van der Waals surface area (Å²) in [7, 11) is 3.88. The Hall–Kier alpha value is -1.22. The van der Waals surface area contributed by atoms with Gasteiger partial charge in [0.15, 0.2) is 0 Å². The molecule has 3 nitrogen and oxygen atoms in total. The maximum Gasteiger partial charge on any atom is 0.142 e. The lowest BCUT2D eigenvalue weighted by atomic mass is 10.0. The second-order valence-corrected chi connectivity index (χ2v) is 5.09. The molecule has 1 fully saturated rings. The third-order valence-electron chi connectivity index (χ3n) is 3.76. The van der Waals surface area contributed by atoms with E-state index in [1.54, 1.807) is 7.11 Å². The number of hydrogen-bond acceptors (Lipinski definition) is 3. The van der Waals surface area contributed by atoms with Crippen LogP contribution in [0, 0.1) is 5.92 Å². The van der Waals surface area contributed by atoms with Gasteiger partial charge in [-0.3, -0.25) is 0 Å². The van der Waals surface area contributed by atoms with Crippen molar-refractivity contribution in [2.24, 2.45) is 5.92 Å². The Morgan fingerprint density at radius 1 is 1.39 bits per heavy atom. The summed E-state index contributed by atoms with van der Waals surface area (Å²) in [4.78, 5) is 2.29. The Kier molecular flexibility index (Phi) is 4.88. The molecule has 0 aromatic heterocycles. The molecule has 0 bridgehead atoms. The molecule has 1 atom stereocenters. The maximum atomic E-state index is 5.39. The predicted octanol–water partition coefficient (Wildman–Crippen LogP) is 2.52. The van der Waals surface area contributed by atoms with E-state index in [1.807, 2.05) is 12.1 Å². The van der Waals surface area contributed by atoms with Crippen molar-refractivity contribution in [2.45, 2.75) is 19.3 Å². The molecule has 1 heterocycles. The zero-order valence-electron chi connectivity index (χ0n) is 11.5. The van der Waals surface area contributed by atoms with Crippen LogP contribution in [0.5, 0.6) is 5.75 Å². The number of ether oxygens (including phenoxy) is 1. The van der Waals surface area contributed by atoms with Gasteiger partial charge in [0.1, 0.15) is 5.75 Å². The number of benzene rings is 1. The maximum absolute atomic E-state index is 5.39. The first-order chi connectivity index (χ1) is 8.81. The number of nitrogens with one attached hydrogen (secondary N) is 1. The lowest BCUT2D eigenvalue weighted by Crippen LogP contribution is -2.20. The van der Waals surface area contributed by atoms with Crippen LogP contribution in [0.1, 0.15) is 19.3 Å². The highest BCUT2D eigenvalue weighted by molar-refractivity contribution is 5.57. The molecule has 0 radical (unpaired) electrons. The molecule has 0 amide bonds. The molecule has 0 spiro atoms. The second kappa shape index (κ2) is 6.64. The van der Waals surface area contributed by atoms with Crippen molar-refractivity contribution in [3.63, 3.8) is 0 Å². The summed E-state index contributed by atoms with van der Waals surface area (Å²) in [6.07, 6.45) is 3.92. The predicted molar refractivity (Wildman–Crippen MR) is 76.5 cm³/mol. The summed E-state index contributed by atoms with van der Waals surface area (Å²) < 4.78 is 5.39. The van der Waals surface area contributed by atoms with Crippen LogP contribution in [0.4, 0.5) is 5.69 Å². The first-order valence-electron chi connectivity index (χ1n) is 6.86. The highest BCUT2D eigenvalue weighted by atomic mass is 16.5. The average Bonchev–Trinajstić information content (AvgIpc) is 2.91. The van der Waals surface area contributed by atoms with E-state index in [0.29, 0.717) is 0 Å². The SMILES string of the molecule is COc1ccccc1N(C)CCCC1CCNC1. The van der Waals surface area contributed by atoms with E-state index in [0.717, 1.165) is 18.2 Å². The van der Waals surface area contributed by atoms with Gasteiger partial charge in [-0.15, -0.1) is 0 Å². The van der Waals surface area contributed by atoms with Crippen LogP contribution in [0.15, 0.2) is 24.3 Å². The quantitative estimate of drug-likeness (QED) is 0.837. The van der Waals surface area contributed by atoms with Crippen LogP contribution in [0.2, 0.25) is 0 Å². The largest absolute Gasteiger partial charge is 0.495 e. The Bertz CT molecular complexity index is 361. The summed E-state index contributed by atoms with van der Waals surface area (Å²) in [5, 5.41) is 3.43. The number of rotatable bonds is 6. The van der Waals surface area contributed by atoms with Gasteiger partial charge >= 0.3 is 0 Å². The zero-order valence-corrected chi connectivity index (χ0v) is 11.5. The van der Waals surface area contributed by atoms with Crippen molar-refractivity contribution < 1.29 is 4.74 Å². The van der Waals surface area contributed by atoms with Gasteiger partial charge < -0.3 is 15.0 Å². The van der Waals surface area contributed by atoms with Gasteiger partial charge in [0.05, 0.1) is 12.8 Å². The number of anilines is 1. The van der Waals surface area contributed by atoms with Crippen molar-refractivity contribution in [1.82, 2.24) is 5.32 Å². The van der Waals surface area contributed by atoms with Crippen LogP contribution < -0.4 is 15.0 Å². The fourth-order valence-corrected chi connectivity index (χ4v) is 2.64. The molecule has 0 saturated carbocycles. The highest BCUT2D eigenvalue weighted by Gasteiger charge is 2.14. The van der Waals surface area contributed by atoms with Crippen molar-refractivity contribution in [3.05, 3.63) is 24.3 Å². The highest BCUT2D eigenvalue weighted by Crippen LogP contribution is 2.27. The molecular weight excluding hydrogens is 224 g/mol. The normalized spacial score (nSPS) is 18.9. The van der Waals surface area contributed by atoms with Crippen molar-refractivity contribution in [3.8, 4) is 5.75 Å². The molecule has 1 unspecified atom stereocenters. The molecule has 18 heavy (non-hydrogen) atoms. The molecule has 2 rings (SSSR count). The minimum Gasteiger partial charge on any atom is -0.495 e. The van der Waals surface area contributed by atoms with Crippen molar-refractivity contribution >= 4 is 5.69 Å². The summed E-state index contributed by atoms with van der Waals surface area (Å²) in [6, 6.07) is 8.22. The summed E-state index contributed by atoms with van der Waals surface area (Å²) in [5.41, 5.74) is 1.18. The van der Waals surface area contributed by atoms with Crippen LogP contribution in [-0.4, -0.2) is 33.8 Å². The fraction of sp³-hybridized carbons (Fsp3) is 0.600. The van der Waals surface area contributed by atoms with E-state index < -0.39 is 0 Å². The monoisotopic (exact) mass is 248 g/mol. The Labute approximate surface area is 110 Å². The van der Waals surface area contributed by atoms with Gasteiger partial charge in [0, 0.05) is 13.6 Å². The minimum absolute atomic E-state index is 0.885. The molecule has 0 aliphatic carbocycles. The van der Waals surface area contributed by atoms with E-state index in [9.17, 15) is 0 Å². The van der Waals surface area contributed by atoms with Crippen molar-refractivity contribution in [2.75, 3.05) is 38.7 Å². The number of hydrogen-bond donors (Lipinski definition) is 1. The molecule has 3 heteroatoms. The minimum atomic E-state index is 0.885. The standard InChI is InChI=1S/C15H24N2O/c1-17(11-5-6-13-9-10-16-12-13)14-7-3-4-8-15(14)18-2/h3-4,7-8,13,16H,5-6,9-12H2,1-2H3. The summed E-state index contributed by atoms with van der Waals surface area (Å²) >= 11 is 0. The van der Waals surface area contributed by atoms with Gasteiger partial charge in [-0.1, -0.05) is 12.1 Å². The molecule has 1 aliphatic rings. The van der Waals surface area contributed by atoms with E-state index in [-0.39, 0.29) is 0 Å². The molecular formula is C15H24N2O. The average molecular weight is 248 g/mol. The van der Waals surface area contributed by atoms with Crippen LogP contribution >= 0.6 is 0 Å². The Morgan fingerprint density at radius 3 is 2.94 bits per heavy atom. The third-order valence-corrected chi connectivity index (χ3v) is 3.76.